The van der Waals surface area contributed by atoms with E-state index in [1.165, 1.54) is 43.4 Å². The van der Waals surface area contributed by atoms with Gasteiger partial charge in [-0.05, 0) is 37.5 Å². The van der Waals surface area contributed by atoms with Crippen LogP contribution in [0, 0.1) is 11.8 Å². The van der Waals surface area contributed by atoms with Crippen molar-refractivity contribution in [3.05, 3.63) is 16.6 Å². The fourth-order valence-electron chi connectivity index (χ4n) is 2.98. The Kier molecular flexibility index (Phi) is 3.25. The van der Waals surface area contributed by atoms with Crippen molar-refractivity contribution in [2.45, 2.75) is 51.1 Å². The van der Waals surface area contributed by atoms with Crippen LogP contribution in [0.15, 0.2) is 11.7 Å². The molecule has 1 aromatic heterocycles. The molecule has 2 aliphatic rings. The van der Waals surface area contributed by atoms with E-state index in [2.05, 4.69) is 10.3 Å². The van der Waals surface area contributed by atoms with E-state index in [-0.39, 0.29) is 0 Å². The zero-order valence-corrected chi connectivity index (χ0v) is 10.5. The fourth-order valence-corrected chi connectivity index (χ4v) is 3.53. The van der Waals surface area contributed by atoms with Crippen molar-refractivity contribution in [2.75, 3.05) is 0 Å². The summed E-state index contributed by atoms with van der Waals surface area (Å²) >= 11 is 1.76. The van der Waals surface area contributed by atoms with Crippen molar-refractivity contribution in [2.24, 2.45) is 11.8 Å². The molecular formula is C13H20N2S. The smallest absolute Gasteiger partial charge is 0.0794 e. The molecule has 0 bridgehead atoms. The van der Waals surface area contributed by atoms with E-state index >= 15 is 0 Å². The highest BCUT2D eigenvalue weighted by atomic mass is 32.1. The van der Waals surface area contributed by atoms with Gasteiger partial charge in [0.05, 0.1) is 5.51 Å². The van der Waals surface area contributed by atoms with Gasteiger partial charge >= 0.3 is 0 Å². The first-order valence-corrected chi connectivity index (χ1v) is 7.40. The molecule has 16 heavy (non-hydrogen) atoms. The lowest BCUT2D eigenvalue weighted by molar-refractivity contribution is 0.260. The van der Waals surface area contributed by atoms with Gasteiger partial charge in [-0.25, -0.2) is 0 Å². The lowest BCUT2D eigenvalue weighted by Crippen LogP contribution is -2.34. The maximum Gasteiger partial charge on any atom is 0.0794 e. The summed E-state index contributed by atoms with van der Waals surface area (Å²) in [5, 5.41) is 3.71. The number of rotatable bonds is 4. The lowest BCUT2D eigenvalue weighted by Gasteiger charge is -2.29. The number of thiazole rings is 1. The molecule has 2 nitrogen and oxygen atoms in total. The highest BCUT2D eigenvalue weighted by Gasteiger charge is 2.34. The molecule has 2 unspecified atom stereocenters. The SMILES string of the molecule is c1ncc(CNC2CCCC(C3CC3)C2)s1. The van der Waals surface area contributed by atoms with Crippen molar-refractivity contribution in [1.29, 1.82) is 0 Å². The van der Waals surface area contributed by atoms with Crippen LogP contribution in [0.25, 0.3) is 0 Å². The molecule has 1 N–H and O–H groups in total. The van der Waals surface area contributed by atoms with E-state index in [4.69, 9.17) is 0 Å². The Balaban J connectivity index is 1.47. The Bertz CT molecular complexity index is 319. The predicted molar refractivity (Wildman–Crippen MR) is 67.4 cm³/mol. The van der Waals surface area contributed by atoms with Crippen LogP contribution >= 0.6 is 11.3 Å². The Hall–Kier alpha value is -0.410. The number of hydrogen-bond acceptors (Lipinski definition) is 3. The first-order valence-electron chi connectivity index (χ1n) is 6.52. The number of hydrogen-bond donors (Lipinski definition) is 1. The largest absolute Gasteiger partial charge is 0.309 e. The average Bonchev–Trinajstić information content (AvgIpc) is 3.05. The quantitative estimate of drug-likeness (QED) is 0.868. The van der Waals surface area contributed by atoms with Crippen LogP contribution in [0.4, 0.5) is 0 Å². The highest BCUT2D eigenvalue weighted by molar-refractivity contribution is 7.09. The second kappa shape index (κ2) is 4.84. The molecular weight excluding hydrogens is 216 g/mol. The van der Waals surface area contributed by atoms with Crippen molar-refractivity contribution in [3.63, 3.8) is 0 Å². The summed E-state index contributed by atoms with van der Waals surface area (Å²) in [5.41, 5.74) is 1.92. The second-order valence-corrected chi connectivity index (χ2v) is 6.28. The summed E-state index contributed by atoms with van der Waals surface area (Å²) < 4.78 is 0. The van der Waals surface area contributed by atoms with Gasteiger partial charge in [0.15, 0.2) is 0 Å². The van der Waals surface area contributed by atoms with Gasteiger partial charge in [-0.2, -0.15) is 0 Å². The molecule has 1 heterocycles. The minimum atomic E-state index is 0.765. The van der Waals surface area contributed by atoms with E-state index in [1.807, 2.05) is 11.7 Å². The van der Waals surface area contributed by atoms with Gasteiger partial charge < -0.3 is 5.32 Å². The highest BCUT2D eigenvalue weighted by Crippen LogP contribution is 2.43. The molecule has 0 amide bonds. The van der Waals surface area contributed by atoms with Gasteiger partial charge in [0, 0.05) is 23.7 Å². The predicted octanol–water partition coefficient (Wildman–Crippen LogP) is 3.20. The monoisotopic (exact) mass is 236 g/mol. The van der Waals surface area contributed by atoms with Crippen LogP contribution in [0.1, 0.15) is 43.4 Å². The fraction of sp³-hybridized carbons (Fsp3) is 0.769. The minimum absolute atomic E-state index is 0.765. The lowest BCUT2D eigenvalue weighted by atomic mass is 9.83. The van der Waals surface area contributed by atoms with Crippen LogP contribution in [0.5, 0.6) is 0 Å². The van der Waals surface area contributed by atoms with Crippen LogP contribution in [0.2, 0.25) is 0 Å². The van der Waals surface area contributed by atoms with Crippen molar-refractivity contribution in [3.8, 4) is 0 Å². The number of nitrogens with one attached hydrogen (secondary N) is 1. The van der Waals surface area contributed by atoms with Gasteiger partial charge in [-0.15, -0.1) is 11.3 Å². The zero-order chi connectivity index (χ0) is 10.8. The van der Waals surface area contributed by atoms with Crippen LogP contribution < -0.4 is 5.32 Å². The summed E-state index contributed by atoms with van der Waals surface area (Å²) in [6.45, 7) is 1.02. The van der Waals surface area contributed by atoms with Gasteiger partial charge in [0.25, 0.3) is 0 Å². The van der Waals surface area contributed by atoms with Crippen molar-refractivity contribution >= 4 is 11.3 Å². The van der Waals surface area contributed by atoms with Crippen LogP contribution in [-0.2, 0) is 6.54 Å². The van der Waals surface area contributed by atoms with Crippen molar-refractivity contribution < 1.29 is 0 Å². The van der Waals surface area contributed by atoms with E-state index in [9.17, 15) is 0 Å². The minimum Gasteiger partial charge on any atom is -0.309 e. The number of nitrogens with zero attached hydrogens (tertiary/aromatic N) is 1. The molecule has 88 valence electrons. The molecule has 0 radical (unpaired) electrons. The normalized spacial score (nSPS) is 30.5. The van der Waals surface area contributed by atoms with Gasteiger partial charge in [-0.3, -0.25) is 4.98 Å². The standard InChI is InChI=1S/C13H20N2S/c1-2-11(10-4-5-10)6-12(3-1)15-8-13-7-14-9-16-13/h7,9-12,15H,1-6,8H2. The van der Waals surface area contributed by atoms with Gasteiger partial charge in [0.1, 0.15) is 0 Å². The molecule has 2 atom stereocenters. The first kappa shape index (κ1) is 10.7. The average molecular weight is 236 g/mol. The van der Waals surface area contributed by atoms with E-state index < -0.39 is 0 Å². The molecule has 1 aromatic rings. The molecule has 0 spiro atoms. The Labute approximate surface area is 101 Å². The molecule has 3 rings (SSSR count). The molecule has 0 saturated heterocycles. The topological polar surface area (TPSA) is 24.9 Å². The summed E-state index contributed by atoms with van der Waals surface area (Å²) in [6, 6.07) is 0.765. The van der Waals surface area contributed by atoms with Crippen LogP contribution in [0.3, 0.4) is 0 Å². The molecule has 3 heteroatoms. The summed E-state index contributed by atoms with van der Waals surface area (Å²) in [5.74, 6) is 2.13. The first-order chi connectivity index (χ1) is 7.92. The summed E-state index contributed by atoms with van der Waals surface area (Å²) in [4.78, 5) is 5.49. The zero-order valence-electron chi connectivity index (χ0n) is 9.69. The summed E-state index contributed by atoms with van der Waals surface area (Å²) in [6.07, 6.45) is 10.7. The molecule has 0 aromatic carbocycles. The van der Waals surface area contributed by atoms with Crippen LogP contribution in [-0.4, -0.2) is 11.0 Å². The van der Waals surface area contributed by atoms with Gasteiger partial charge in [0.2, 0.25) is 0 Å². The Morgan fingerprint density at radius 3 is 2.94 bits per heavy atom. The third-order valence-electron chi connectivity index (χ3n) is 4.05. The third kappa shape index (κ3) is 2.64. The molecule has 2 saturated carbocycles. The molecule has 2 aliphatic carbocycles. The van der Waals surface area contributed by atoms with E-state index in [0.717, 1.165) is 24.4 Å². The molecule has 0 aliphatic heterocycles. The Morgan fingerprint density at radius 2 is 2.19 bits per heavy atom. The van der Waals surface area contributed by atoms with E-state index in [0.29, 0.717) is 0 Å². The Morgan fingerprint density at radius 1 is 1.25 bits per heavy atom. The second-order valence-electron chi connectivity index (χ2n) is 5.31. The van der Waals surface area contributed by atoms with Crippen molar-refractivity contribution in [1.82, 2.24) is 10.3 Å². The summed E-state index contributed by atoms with van der Waals surface area (Å²) in [7, 11) is 0. The van der Waals surface area contributed by atoms with E-state index in [1.54, 1.807) is 11.3 Å². The molecule has 2 fully saturated rings. The number of aromatic nitrogens is 1. The van der Waals surface area contributed by atoms with Gasteiger partial charge in [-0.1, -0.05) is 12.8 Å². The third-order valence-corrected chi connectivity index (χ3v) is 4.83. The maximum absolute atomic E-state index is 4.12. The maximum atomic E-state index is 4.12.